The van der Waals surface area contributed by atoms with Gasteiger partial charge in [-0.05, 0) is 18.8 Å². The number of likely N-dealkylation sites (tertiary alicyclic amines) is 1. The van der Waals surface area contributed by atoms with Crippen molar-refractivity contribution < 1.29 is 0 Å². The van der Waals surface area contributed by atoms with Crippen LogP contribution in [-0.4, -0.2) is 29.9 Å². The van der Waals surface area contributed by atoms with Crippen molar-refractivity contribution in [2.45, 2.75) is 12.5 Å². The Hall–Kier alpha value is 0.0500. The van der Waals surface area contributed by atoms with Gasteiger partial charge in [-0.1, -0.05) is 12.2 Å². The second kappa shape index (κ2) is 1.88. The van der Waals surface area contributed by atoms with E-state index in [2.05, 4.69) is 11.9 Å². The highest BCUT2D eigenvalue weighted by Crippen LogP contribution is 2.10. The highest BCUT2D eigenvalue weighted by molar-refractivity contribution is 7.79. The zero-order valence-corrected chi connectivity index (χ0v) is 5.24. The molecule has 1 fully saturated rings. The van der Waals surface area contributed by atoms with Crippen molar-refractivity contribution in [1.82, 2.24) is 4.90 Å². The van der Waals surface area contributed by atoms with Crippen molar-refractivity contribution in [3.8, 4) is 0 Å². The monoisotopic (exact) mass is 115 g/mol. The van der Waals surface area contributed by atoms with E-state index in [4.69, 9.17) is 12.2 Å². The largest absolute Gasteiger partial charge is 0.299 e. The van der Waals surface area contributed by atoms with Crippen LogP contribution in [0.4, 0.5) is 0 Å². The molecular formula is C5H9NS. The Morgan fingerprint density at radius 3 is 2.57 bits per heavy atom. The Morgan fingerprint density at radius 2 is 2.57 bits per heavy atom. The van der Waals surface area contributed by atoms with E-state index in [-0.39, 0.29) is 0 Å². The minimum Gasteiger partial charge on any atom is -0.299 e. The van der Waals surface area contributed by atoms with Gasteiger partial charge in [0.1, 0.15) is 0 Å². The van der Waals surface area contributed by atoms with Gasteiger partial charge in [0.25, 0.3) is 0 Å². The Morgan fingerprint density at radius 1 is 1.86 bits per heavy atom. The summed E-state index contributed by atoms with van der Waals surface area (Å²) >= 11 is 4.74. The summed E-state index contributed by atoms with van der Waals surface area (Å²) in [5, 5.41) is 1.84. The van der Waals surface area contributed by atoms with Gasteiger partial charge in [-0.2, -0.15) is 0 Å². The molecule has 1 unspecified atom stereocenters. The summed E-state index contributed by atoms with van der Waals surface area (Å²) in [6, 6.07) is 0.606. The lowest BCUT2D eigenvalue weighted by atomic mass is 10.1. The maximum atomic E-state index is 4.74. The van der Waals surface area contributed by atoms with E-state index in [1.807, 2.05) is 5.37 Å². The summed E-state index contributed by atoms with van der Waals surface area (Å²) in [5.74, 6) is 0. The van der Waals surface area contributed by atoms with Gasteiger partial charge in [0.15, 0.2) is 0 Å². The van der Waals surface area contributed by atoms with E-state index in [9.17, 15) is 0 Å². The van der Waals surface area contributed by atoms with E-state index in [1.54, 1.807) is 0 Å². The Balaban J connectivity index is 2.28. The van der Waals surface area contributed by atoms with Crippen LogP contribution >= 0.6 is 12.2 Å². The number of thiocarbonyl (C=S) groups is 1. The van der Waals surface area contributed by atoms with E-state index in [1.165, 1.54) is 13.0 Å². The first-order valence-corrected chi connectivity index (χ1v) is 2.97. The zero-order valence-electron chi connectivity index (χ0n) is 4.42. The van der Waals surface area contributed by atoms with Crippen molar-refractivity contribution in [3.05, 3.63) is 0 Å². The number of nitrogens with zero attached hydrogens (tertiary/aromatic N) is 1. The highest BCUT2D eigenvalue weighted by atomic mass is 32.1. The molecular weight excluding hydrogens is 106 g/mol. The summed E-state index contributed by atoms with van der Waals surface area (Å²) in [4.78, 5) is 2.24. The third-order valence-electron chi connectivity index (χ3n) is 1.50. The number of hydrogen-bond donors (Lipinski definition) is 0. The lowest BCUT2D eigenvalue weighted by molar-refractivity contribution is 0.187. The van der Waals surface area contributed by atoms with Crippen molar-refractivity contribution in [2.75, 3.05) is 13.6 Å². The van der Waals surface area contributed by atoms with Crippen LogP contribution in [0.2, 0.25) is 0 Å². The molecule has 1 atom stereocenters. The minimum absolute atomic E-state index is 0.606. The number of rotatable bonds is 1. The first-order chi connectivity index (χ1) is 3.34. The SMILES string of the molecule is CN1CCC1C=S. The molecule has 0 spiro atoms. The first-order valence-electron chi connectivity index (χ1n) is 2.50. The second-order valence-corrected chi connectivity index (χ2v) is 2.24. The van der Waals surface area contributed by atoms with Gasteiger partial charge in [-0.25, -0.2) is 0 Å². The molecule has 1 heterocycles. The molecule has 0 bridgehead atoms. The van der Waals surface area contributed by atoms with Gasteiger partial charge in [0.05, 0.1) is 0 Å². The molecule has 40 valence electrons. The quantitative estimate of drug-likeness (QED) is 0.463. The van der Waals surface area contributed by atoms with Crippen LogP contribution in [0, 0.1) is 0 Å². The van der Waals surface area contributed by atoms with Crippen molar-refractivity contribution in [2.24, 2.45) is 0 Å². The smallest absolute Gasteiger partial charge is 0.0390 e. The van der Waals surface area contributed by atoms with Gasteiger partial charge in [0.2, 0.25) is 0 Å². The molecule has 0 aromatic rings. The molecule has 0 aromatic heterocycles. The molecule has 1 nitrogen and oxygen atoms in total. The third-order valence-corrected chi connectivity index (χ3v) is 1.81. The molecule has 0 N–H and O–H groups in total. The molecule has 1 aliphatic rings. The predicted molar refractivity (Wildman–Crippen MR) is 34.7 cm³/mol. The minimum atomic E-state index is 0.606. The molecule has 0 radical (unpaired) electrons. The van der Waals surface area contributed by atoms with Crippen molar-refractivity contribution in [1.29, 1.82) is 0 Å². The van der Waals surface area contributed by atoms with Crippen LogP contribution in [0.15, 0.2) is 0 Å². The van der Waals surface area contributed by atoms with Gasteiger partial charge in [-0.15, -0.1) is 0 Å². The molecule has 1 aliphatic heterocycles. The molecule has 7 heavy (non-hydrogen) atoms. The average Bonchev–Trinajstić information content (AvgIpc) is 1.65. The van der Waals surface area contributed by atoms with Crippen LogP contribution in [0.5, 0.6) is 0 Å². The molecule has 1 saturated heterocycles. The zero-order chi connectivity index (χ0) is 5.28. The summed E-state index contributed by atoms with van der Waals surface area (Å²) in [5.41, 5.74) is 0. The summed E-state index contributed by atoms with van der Waals surface area (Å²) in [6.45, 7) is 1.22. The summed E-state index contributed by atoms with van der Waals surface area (Å²) in [6.07, 6.45) is 1.26. The Bertz CT molecular complexity index is 82.1. The van der Waals surface area contributed by atoms with E-state index in [0.717, 1.165) is 0 Å². The fraction of sp³-hybridized carbons (Fsp3) is 0.800. The predicted octanol–water partition coefficient (Wildman–Crippen LogP) is 0.690. The van der Waals surface area contributed by atoms with Crippen LogP contribution in [0.3, 0.4) is 0 Å². The molecule has 0 aromatic carbocycles. The topological polar surface area (TPSA) is 3.24 Å². The normalized spacial score (nSPS) is 31.9. The Kier molecular flexibility index (Phi) is 1.40. The highest BCUT2D eigenvalue weighted by Gasteiger charge is 2.20. The van der Waals surface area contributed by atoms with E-state index < -0.39 is 0 Å². The van der Waals surface area contributed by atoms with Gasteiger partial charge >= 0.3 is 0 Å². The third kappa shape index (κ3) is 0.813. The molecule has 1 rings (SSSR count). The molecule has 0 aliphatic carbocycles. The Labute approximate surface area is 49.3 Å². The van der Waals surface area contributed by atoms with E-state index >= 15 is 0 Å². The van der Waals surface area contributed by atoms with Gasteiger partial charge in [0, 0.05) is 12.6 Å². The lowest BCUT2D eigenvalue weighted by Crippen LogP contribution is -2.44. The van der Waals surface area contributed by atoms with Crippen molar-refractivity contribution >= 4 is 17.6 Å². The average molecular weight is 115 g/mol. The van der Waals surface area contributed by atoms with Crippen molar-refractivity contribution in [3.63, 3.8) is 0 Å². The van der Waals surface area contributed by atoms with Crippen LogP contribution in [0.25, 0.3) is 0 Å². The fourth-order valence-corrected chi connectivity index (χ4v) is 1.05. The lowest BCUT2D eigenvalue weighted by Gasteiger charge is -2.34. The van der Waals surface area contributed by atoms with Crippen LogP contribution in [0.1, 0.15) is 6.42 Å². The first kappa shape index (κ1) is 5.19. The summed E-state index contributed by atoms with van der Waals surface area (Å²) < 4.78 is 0. The maximum Gasteiger partial charge on any atom is 0.0390 e. The maximum absolute atomic E-state index is 4.74. The van der Waals surface area contributed by atoms with Crippen LogP contribution in [-0.2, 0) is 0 Å². The molecule has 0 saturated carbocycles. The molecule has 0 amide bonds. The number of hydrogen-bond acceptors (Lipinski definition) is 2. The second-order valence-electron chi connectivity index (χ2n) is 1.97. The molecule has 2 heteroatoms. The fourth-order valence-electron chi connectivity index (χ4n) is 0.708. The van der Waals surface area contributed by atoms with E-state index in [0.29, 0.717) is 6.04 Å². The van der Waals surface area contributed by atoms with Gasteiger partial charge in [-0.3, -0.25) is 4.90 Å². The standard InChI is InChI=1S/C5H9NS/c1-6-3-2-5(6)4-7/h4-5H,2-3H2,1H3. The summed E-state index contributed by atoms with van der Waals surface area (Å²) in [7, 11) is 2.09. The van der Waals surface area contributed by atoms with Gasteiger partial charge < -0.3 is 0 Å². The van der Waals surface area contributed by atoms with Crippen LogP contribution < -0.4 is 0 Å².